The van der Waals surface area contributed by atoms with Crippen LogP contribution in [0.1, 0.15) is 20.3 Å². The minimum absolute atomic E-state index is 0.0293. The molecule has 3 atom stereocenters. The molecule has 7 nitrogen and oxygen atoms in total. The highest BCUT2D eigenvalue weighted by Gasteiger charge is 2.50. The summed E-state index contributed by atoms with van der Waals surface area (Å²) in [4.78, 5) is 18.6. The number of benzene rings is 1. The molecule has 2 saturated heterocycles. The predicted molar refractivity (Wildman–Crippen MR) is 108 cm³/mol. The molecule has 1 aromatic rings. The third kappa shape index (κ3) is 3.94. The number of fused-ring (bicyclic) bond motifs is 1. The minimum atomic E-state index is -3.13. The summed E-state index contributed by atoms with van der Waals surface area (Å²) in [6.07, 6.45) is 0.698. The Balaban J connectivity index is 2.09. The van der Waals surface area contributed by atoms with Crippen molar-refractivity contribution in [2.24, 2.45) is 10.9 Å². The summed E-state index contributed by atoms with van der Waals surface area (Å²) < 4.78 is 35.2. The summed E-state index contributed by atoms with van der Waals surface area (Å²) in [7, 11) is -0.0109. The second kappa shape index (κ2) is 7.71. The van der Waals surface area contributed by atoms with Crippen molar-refractivity contribution in [3.63, 3.8) is 0 Å². The highest BCUT2D eigenvalue weighted by Crippen LogP contribution is 2.45. The van der Waals surface area contributed by atoms with Gasteiger partial charge in [-0.2, -0.15) is 4.99 Å². The number of amidine groups is 1. The first-order valence-electron chi connectivity index (χ1n) is 8.80. The van der Waals surface area contributed by atoms with Crippen LogP contribution in [-0.2, 0) is 14.6 Å². The van der Waals surface area contributed by atoms with Gasteiger partial charge in [-0.3, -0.25) is 4.79 Å². The lowest BCUT2D eigenvalue weighted by Gasteiger charge is -2.26. The lowest BCUT2D eigenvalue weighted by Crippen LogP contribution is -2.38. The van der Waals surface area contributed by atoms with E-state index in [2.05, 4.69) is 4.99 Å². The number of carbonyl (C=O) groups excluding carboxylic acids is 1. The first-order valence-corrected chi connectivity index (χ1v) is 11.5. The lowest BCUT2D eigenvalue weighted by atomic mass is 10.1. The Hall–Kier alpha value is -1.74. The number of carbonyl (C=O) groups is 1. The maximum Gasteiger partial charge on any atom is 0.250 e. The second-order valence-corrected chi connectivity index (χ2v) is 10.1. The Bertz CT molecular complexity index is 869. The lowest BCUT2D eigenvalue weighted by molar-refractivity contribution is -0.121. The van der Waals surface area contributed by atoms with E-state index in [1.165, 1.54) is 11.8 Å². The van der Waals surface area contributed by atoms with Crippen LogP contribution in [0, 0.1) is 5.92 Å². The monoisotopic (exact) mass is 412 g/mol. The van der Waals surface area contributed by atoms with Crippen LogP contribution in [0.15, 0.2) is 23.2 Å². The van der Waals surface area contributed by atoms with Gasteiger partial charge in [0, 0.05) is 17.2 Å². The topological polar surface area (TPSA) is 85.3 Å². The van der Waals surface area contributed by atoms with Crippen LogP contribution >= 0.6 is 11.8 Å². The van der Waals surface area contributed by atoms with E-state index in [-0.39, 0.29) is 34.6 Å². The second-order valence-electron chi connectivity index (χ2n) is 6.75. The largest absolute Gasteiger partial charge is 0.497 e. The van der Waals surface area contributed by atoms with Crippen molar-refractivity contribution in [3.05, 3.63) is 18.2 Å². The molecule has 148 valence electrons. The molecule has 0 N–H and O–H groups in total. The zero-order valence-electron chi connectivity index (χ0n) is 15.8. The number of hydrogen-bond acceptors (Lipinski definition) is 6. The number of aliphatic imine (C=N–C) groups is 1. The van der Waals surface area contributed by atoms with Gasteiger partial charge in [0.05, 0.1) is 37.5 Å². The number of anilines is 1. The van der Waals surface area contributed by atoms with Crippen molar-refractivity contribution in [3.8, 4) is 11.5 Å². The molecular formula is C18H24N2O5S2. The SMILES string of the molecule is CC[C@H](C)C(=O)N=C1S[C@H]2CS(=O)(=O)C[C@H]2N1c1cc(OC)ccc1OC. The Morgan fingerprint density at radius 3 is 2.70 bits per heavy atom. The zero-order chi connectivity index (χ0) is 19.8. The molecule has 1 aromatic carbocycles. The fourth-order valence-corrected chi connectivity index (χ4v) is 7.12. The number of thioether (sulfide) groups is 1. The van der Waals surface area contributed by atoms with E-state index in [4.69, 9.17) is 9.47 Å². The Labute approximate surface area is 164 Å². The fourth-order valence-electron chi connectivity index (χ4n) is 3.21. The molecule has 0 aliphatic carbocycles. The molecule has 0 spiro atoms. The van der Waals surface area contributed by atoms with Gasteiger partial charge in [-0.05, 0) is 18.6 Å². The number of nitrogens with zero attached hydrogens (tertiary/aromatic N) is 2. The van der Waals surface area contributed by atoms with Crippen molar-refractivity contribution in [2.45, 2.75) is 31.6 Å². The average molecular weight is 413 g/mol. The average Bonchev–Trinajstić information content (AvgIpc) is 3.10. The number of rotatable bonds is 5. The molecule has 0 radical (unpaired) electrons. The van der Waals surface area contributed by atoms with Crippen molar-refractivity contribution in [1.29, 1.82) is 0 Å². The van der Waals surface area contributed by atoms with Crippen LogP contribution in [0.3, 0.4) is 0 Å². The van der Waals surface area contributed by atoms with Gasteiger partial charge in [0.1, 0.15) is 11.5 Å². The van der Waals surface area contributed by atoms with E-state index >= 15 is 0 Å². The molecule has 0 aromatic heterocycles. The van der Waals surface area contributed by atoms with Crippen molar-refractivity contribution in [1.82, 2.24) is 0 Å². The molecule has 0 unspecified atom stereocenters. The minimum Gasteiger partial charge on any atom is -0.497 e. The molecule has 0 bridgehead atoms. The molecule has 27 heavy (non-hydrogen) atoms. The van der Waals surface area contributed by atoms with Crippen LogP contribution in [-0.4, -0.2) is 56.5 Å². The predicted octanol–water partition coefficient (Wildman–Crippen LogP) is 2.35. The van der Waals surface area contributed by atoms with Gasteiger partial charge < -0.3 is 14.4 Å². The maximum atomic E-state index is 12.4. The van der Waals surface area contributed by atoms with E-state index in [9.17, 15) is 13.2 Å². The van der Waals surface area contributed by atoms with Crippen LogP contribution < -0.4 is 14.4 Å². The smallest absolute Gasteiger partial charge is 0.250 e. The summed E-state index contributed by atoms with van der Waals surface area (Å²) >= 11 is 1.35. The summed E-state index contributed by atoms with van der Waals surface area (Å²) in [5, 5.41) is 0.367. The van der Waals surface area contributed by atoms with Gasteiger partial charge in [0.25, 0.3) is 5.91 Å². The molecular weight excluding hydrogens is 388 g/mol. The molecule has 0 saturated carbocycles. The third-order valence-electron chi connectivity index (χ3n) is 4.95. The highest BCUT2D eigenvalue weighted by molar-refractivity contribution is 8.16. The van der Waals surface area contributed by atoms with Crippen LogP contribution in [0.25, 0.3) is 0 Å². The molecule has 1 amide bonds. The third-order valence-corrected chi connectivity index (χ3v) is 8.16. The zero-order valence-corrected chi connectivity index (χ0v) is 17.5. The van der Waals surface area contributed by atoms with E-state index in [0.717, 1.165) is 0 Å². The normalized spacial score (nSPS) is 26.1. The Morgan fingerprint density at radius 1 is 1.33 bits per heavy atom. The molecule has 2 aliphatic rings. The summed E-state index contributed by atoms with van der Waals surface area (Å²) in [6, 6.07) is 5.04. The number of ether oxygens (including phenoxy) is 2. The van der Waals surface area contributed by atoms with Crippen LogP contribution in [0.2, 0.25) is 0 Å². The standard InChI is InChI=1S/C18H24N2O5S2/c1-5-11(2)17(21)19-18-20(14-9-27(22,23)10-16(14)26-18)13-8-12(24-3)6-7-15(13)25-4/h6-8,11,14,16H,5,9-10H2,1-4H3/t11-,14+,16-/m0/s1. The van der Waals surface area contributed by atoms with Gasteiger partial charge in [-0.25, -0.2) is 8.42 Å². The molecule has 2 aliphatic heterocycles. The van der Waals surface area contributed by atoms with Gasteiger partial charge in [-0.15, -0.1) is 0 Å². The van der Waals surface area contributed by atoms with Crippen molar-refractivity contribution in [2.75, 3.05) is 30.6 Å². The van der Waals surface area contributed by atoms with Gasteiger partial charge in [-0.1, -0.05) is 25.6 Å². The first-order chi connectivity index (χ1) is 12.8. The van der Waals surface area contributed by atoms with E-state index in [1.54, 1.807) is 32.4 Å². The fraction of sp³-hybridized carbons (Fsp3) is 0.556. The van der Waals surface area contributed by atoms with Gasteiger partial charge in [0.15, 0.2) is 15.0 Å². The van der Waals surface area contributed by atoms with Crippen LogP contribution in [0.5, 0.6) is 11.5 Å². The highest BCUT2D eigenvalue weighted by atomic mass is 32.2. The van der Waals surface area contributed by atoms with Gasteiger partial charge >= 0.3 is 0 Å². The molecule has 2 heterocycles. The van der Waals surface area contributed by atoms with E-state index in [0.29, 0.717) is 28.8 Å². The number of hydrogen-bond donors (Lipinski definition) is 0. The molecule has 9 heteroatoms. The number of amides is 1. The van der Waals surface area contributed by atoms with Crippen molar-refractivity contribution < 1.29 is 22.7 Å². The molecule has 3 rings (SSSR count). The summed E-state index contributed by atoms with van der Waals surface area (Å²) in [5.41, 5.74) is 0.657. The van der Waals surface area contributed by atoms with Gasteiger partial charge in [0.2, 0.25) is 0 Å². The maximum absolute atomic E-state index is 12.4. The summed E-state index contributed by atoms with van der Waals surface area (Å²) in [6.45, 7) is 3.78. The van der Waals surface area contributed by atoms with E-state index in [1.807, 2.05) is 18.7 Å². The Kier molecular flexibility index (Phi) is 5.71. The van der Waals surface area contributed by atoms with Crippen molar-refractivity contribution >= 4 is 38.4 Å². The number of sulfone groups is 1. The Morgan fingerprint density at radius 2 is 2.07 bits per heavy atom. The quantitative estimate of drug-likeness (QED) is 0.734. The number of methoxy groups -OCH3 is 2. The van der Waals surface area contributed by atoms with Crippen LogP contribution in [0.4, 0.5) is 5.69 Å². The molecule has 2 fully saturated rings. The first kappa shape index (κ1) is 20.0. The van der Waals surface area contributed by atoms with E-state index < -0.39 is 9.84 Å². The summed E-state index contributed by atoms with van der Waals surface area (Å²) in [5.74, 6) is 0.923.